The van der Waals surface area contributed by atoms with E-state index in [1.165, 1.54) is 0 Å². The molecule has 2 N–H and O–H groups in total. The second-order valence-corrected chi connectivity index (χ2v) is 5.23. The molecule has 1 saturated heterocycles. The lowest BCUT2D eigenvalue weighted by Gasteiger charge is -2.18. The smallest absolute Gasteiger partial charge is 0.222 e. The highest BCUT2D eigenvalue weighted by Gasteiger charge is 2.25. The topological polar surface area (TPSA) is 66.0 Å². The lowest BCUT2D eigenvalue weighted by atomic mass is 10.3. The number of nitrogens with one attached hydrogen (secondary N) is 2. The van der Waals surface area contributed by atoms with Gasteiger partial charge in [-0.25, -0.2) is 0 Å². The maximum absolute atomic E-state index is 11.7. The Morgan fingerprint density at radius 3 is 2.86 bits per heavy atom. The number of carbonyl (C=O) groups is 1. The van der Waals surface area contributed by atoms with Crippen molar-refractivity contribution in [3.8, 4) is 0 Å². The first-order valence-corrected chi connectivity index (χ1v) is 8.03. The van der Waals surface area contributed by atoms with Gasteiger partial charge in [-0.1, -0.05) is 6.92 Å². The third-order valence-electron chi connectivity index (χ3n) is 3.62. The number of rotatable bonds is 8. The Kier molecular flexibility index (Phi) is 8.82. The van der Waals surface area contributed by atoms with Gasteiger partial charge in [0.15, 0.2) is 5.96 Å². The van der Waals surface area contributed by atoms with Crippen LogP contribution in [0.4, 0.5) is 0 Å². The van der Waals surface area contributed by atoms with Gasteiger partial charge in [0, 0.05) is 52.4 Å². The van der Waals surface area contributed by atoms with Crippen LogP contribution in [0, 0.1) is 0 Å². The Morgan fingerprint density at radius 2 is 2.19 bits per heavy atom. The number of nitrogens with zero attached hydrogens (tertiary/aromatic N) is 2. The van der Waals surface area contributed by atoms with Gasteiger partial charge in [-0.05, 0) is 26.2 Å². The molecule has 6 heteroatoms. The number of unbranched alkanes of at least 4 members (excludes halogenated alkanes) is 1. The van der Waals surface area contributed by atoms with Crippen LogP contribution in [0.5, 0.6) is 0 Å². The van der Waals surface area contributed by atoms with E-state index >= 15 is 0 Å². The molecule has 6 nitrogen and oxygen atoms in total. The van der Waals surface area contributed by atoms with E-state index in [9.17, 15) is 4.79 Å². The van der Waals surface area contributed by atoms with E-state index in [0.717, 1.165) is 58.1 Å². The summed E-state index contributed by atoms with van der Waals surface area (Å²) in [5.41, 5.74) is 0. The van der Waals surface area contributed by atoms with Crippen LogP contribution in [-0.4, -0.2) is 62.7 Å². The number of guanidine groups is 1. The van der Waals surface area contributed by atoms with E-state index in [1.807, 2.05) is 18.7 Å². The van der Waals surface area contributed by atoms with Gasteiger partial charge in [0.1, 0.15) is 0 Å². The minimum Gasteiger partial charge on any atom is -0.382 e. The zero-order valence-electron chi connectivity index (χ0n) is 13.7. The highest BCUT2D eigenvalue weighted by molar-refractivity contribution is 5.80. The largest absolute Gasteiger partial charge is 0.382 e. The molecule has 0 spiro atoms. The summed E-state index contributed by atoms with van der Waals surface area (Å²) in [6, 6.07) is 0.301. The van der Waals surface area contributed by atoms with Gasteiger partial charge in [0.05, 0.1) is 0 Å². The third-order valence-corrected chi connectivity index (χ3v) is 3.62. The fourth-order valence-corrected chi connectivity index (χ4v) is 2.40. The summed E-state index contributed by atoms with van der Waals surface area (Å²) in [6.07, 6.45) is 3.68. The fourth-order valence-electron chi connectivity index (χ4n) is 2.40. The maximum atomic E-state index is 11.7. The maximum Gasteiger partial charge on any atom is 0.222 e. The standard InChI is InChI=1S/C15H30N4O2/c1-4-14(20)19-10-8-13(12-19)18-15(16-3)17-9-6-7-11-21-5-2/h13H,4-12H2,1-3H3,(H2,16,17,18). The van der Waals surface area contributed by atoms with E-state index in [1.54, 1.807) is 7.05 Å². The first-order valence-electron chi connectivity index (χ1n) is 8.03. The quantitative estimate of drug-likeness (QED) is 0.398. The Morgan fingerprint density at radius 1 is 1.38 bits per heavy atom. The van der Waals surface area contributed by atoms with Crippen molar-refractivity contribution < 1.29 is 9.53 Å². The number of amides is 1. The van der Waals surface area contributed by atoms with Crippen LogP contribution in [0.1, 0.15) is 39.5 Å². The van der Waals surface area contributed by atoms with Gasteiger partial charge in [0.2, 0.25) is 5.91 Å². The predicted octanol–water partition coefficient (Wildman–Crippen LogP) is 0.979. The summed E-state index contributed by atoms with van der Waals surface area (Å²) in [6.45, 7) is 8.03. The van der Waals surface area contributed by atoms with Crippen LogP contribution in [0.2, 0.25) is 0 Å². The molecule has 122 valence electrons. The summed E-state index contributed by atoms with van der Waals surface area (Å²) < 4.78 is 5.31. The van der Waals surface area contributed by atoms with Gasteiger partial charge in [-0.2, -0.15) is 0 Å². The highest BCUT2D eigenvalue weighted by Crippen LogP contribution is 2.10. The van der Waals surface area contributed by atoms with Crippen molar-refractivity contribution in [1.82, 2.24) is 15.5 Å². The summed E-state index contributed by atoms with van der Waals surface area (Å²) >= 11 is 0. The molecule has 0 aromatic carbocycles. The molecular weight excluding hydrogens is 268 g/mol. The fraction of sp³-hybridized carbons (Fsp3) is 0.867. The number of ether oxygens (including phenoxy) is 1. The van der Waals surface area contributed by atoms with E-state index < -0.39 is 0 Å². The third kappa shape index (κ3) is 6.80. The van der Waals surface area contributed by atoms with E-state index in [4.69, 9.17) is 4.74 Å². The van der Waals surface area contributed by atoms with Crippen molar-refractivity contribution >= 4 is 11.9 Å². The van der Waals surface area contributed by atoms with Gasteiger partial charge in [-0.15, -0.1) is 0 Å². The second-order valence-electron chi connectivity index (χ2n) is 5.23. The molecule has 0 aromatic heterocycles. The molecule has 0 radical (unpaired) electrons. The number of aliphatic imine (C=N–C) groups is 1. The van der Waals surface area contributed by atoms with Crippen molar-refractivity contribution in [2.45, 2.75) is 45.6 Å². The van der Waals surface area contributed by atoms with E-state index in [0.29, 0.717) is 12.5 Å². The Hall–Kier alpha value is -1.30. The highest BCUT2D eigenvalue weighted by atomic mass is 16.5. The van der Waals surface area contributed by atoms with Crippen molar-refractivity contribution in [3.05, 3.63) is 0 Å². The first-order chi connectivity index (χ1) is 10.2. The molecule has 1 amide bonds. The summed E-state index contributed by atoms with van der Waals surface area (Å²) in [7, 11) is 1.78. The molecule has 0 bridgehead atoms. The van der Waals surface area contributed by atoms with Gasteiger partial charge >= 0.3 is 0 Å². The average Bonchev–Trinajstić information content (AvgIpc) is 2.97. The molecule has 0 aromatic rings. The minimum atomic E-state index is 0.234. The van der Waals surface area contributed by atoms with Gasteiger partial charge in [0.25, 0.3) is 0 Å². The number of likely N-dealkylation sites (tertiary alicyclic amines) is 1. The van der Waals surface area contributed by atoms with Crippen molar-refractivity contribution in [3.63, 3.8) is 0 Å². The van der Waals surface area contributed by atoms with E-state index in [2.05, 4.69) is 15.6 Å². The minimum absolute atomic E-state index is 0.234. The molecule has 1 unspecified atom stereocenters. The summed E-state index contributed by atoms with van der Waals surface area (Å²) in [5, 5.41) is 6.70. The molecule has 1 fully saturated rings. The number of hydrogen-bond acceptors (Lipinski definition) is 3. The Bertz CT molecular complexity index is 334. The monoisotopic (exact) mass is 298 g/mol. The molecular formula is C15H30N4O2. The van der Waals surface area contributed by atoms with E-state index in [-0.39, 0.29) is 5.91 Å². The SMILES string of the molecule is CCOCCCCNC(=NC)NC1CCN(C(=O)CC)C1. The van der Waals surface area contributed by atoms with Crippen LogP contribution in [0.3, 0.4) is 0 Å². The lowest BCUT2D eigenvalue weighted by Crippen LogP contribution is -2.45. The summed E-state index contributed by atoms with van der Waals surface area (Å²) in [5.74, 6) is 1.06. The predicted molar refractivity (Wildman–Crippen MR) is 85.5 cm³/mol. The summed E-state index contributed by atoms with van der Waals surface area (Å²) in [4.78, 5) is 17.8. The number of hydrogen-bond donors (Lipinski definition) is 2. The molecule has 1 atom stereocenters. The van der Waals surface area contributed by atoms with Crippen LogP contribution < -0.4 is 10.6 Å². The van der Waals surface area contributed by atoms with Crippen LogP contribution >= 0.6 is 0 Å². The van der Waals surface area contributed by atoms with Gasteiger partial charge < -0.3 is 20.3 Å². The Labute approximate surface area is 128 Å². The Balaban J connectivity index is 2.18. The van der Waals surface area contributed by atoms with Crippen molar-refractivity contribution in [1.29, 1.82) is 0 Å². The molecule has 0 aliphatic carbocycles. The molecule has 1 heterocycles. The van der Waals surface area contributed by atoms with Crippen molar-refractivity contribution in [2.24, 2.45) is 4.99 Å². The molecule has 0 saturated carbocycles. The molecule has 1 aliphatic heterocycles. The zero-order valence-corrected chi connectivity index (χ0v) is 13.7. The van der Waals surface area contributed by atoms with Crippen molar-refractivity contribution in [2.75, 3.05) is 39.9 Å². The molecule has 1 aliphatic rings. The average molecular weight is 298 g/mol. The normalized spacial score (nSPS) is 18.9. The second kappa shape index (κ2) is 10.4. The van der Waals surface area contributed by atoms with Gasteiger partial charge in [-0.3, -0.25) is 9.79 Å². The van der Waals surface area contributed by atoms with Crippen LogP contribution in [-0.2, 0) is 9.53 Å². The molecule has 1 rings (SSSR count). The number of carbonyl (C=O) groups excluding carboxylic acids is 1. The zero-order chi connectivity index (χ0) is 15.5. The van der Waals surface area contributed by atoms with Crippen LogP contribution in [0.15, 0.2) is 4.99 Å². The van der Waals surface area contributed by atoms with Crippen LogP contribution in [0.25, 0.3) is 0 Å². The lowest BCUT2D eigenvalue weighted by molar-refractivity contribution is -0.129. The molecule has 21 heavy (non-hydrogen) atoms. The first kappa shape index (κ1) is 17.8.